The van der Waals surface area contributed by atoms with Crippen molar-refractivity contribution in [3.05, 3.63) is 40.2 Å². The van der Waals surface area contributed by atoms with Gasteiger partial charge in [-0.1, -0.05) is 0 Å². The highest BCUT2D eigenvalue weighted by Crippen LogP contribution is 2.39. The summed E-state index contributed by atoms with van der Waals surface area (Å²) in [4.78, 5) is 30.9. The van der Waals surface area contributed by atoms with Crippen molar-refractivity contribution in [3.63, 3.8) is 0 Å². The second-order valence-electron chi connectivity index (χ2n) is 7.97. The van der Waals surface area contributed by atoms with E-state index in [4.69, 9.17) is 23.7 Å². The van der Waals surface area contributed by atoms with Crippen molar-refractivity contribution in [1.82, 2.24) is 9.88 Å². The largest absolute Gasteiger partial charge is 0.868 e. The van der Waals surface area contributed by atoms with Crippen molar-refractivity contribution in [3.8, 4) is 34.5 Å². The van der Waals surface area contributed by atoms with Gasteiger partial charge in [0.25, 0.3) is 5.91 Å². The number of H-pyrrole nitrogens is 1. The van der Waals surface area contributed by atoms with Gasteiger partial charge in [-0.2, -0.15) is 0 Å². The molecule has 192 valence electrons. The van der Waals surface area contributed by atoms with E-state index in [1.807, 2.05) is 0 Å². The van der Waals surface area contributed by atoms with Gasteiger partial charge in [-0.05, 0) is 29.3 Å². The molecule has 11 heteroatoms. The third kappa shape index (κ3) is 4.46. The van der Waals surface area contributed by atoms with E-state index in [0.717, 1.165) is 0 Å². The molecule has 36 heavy (non-hydrogen) atoms. The first kappa shape index (κ1) is 25.4. The van der Waals surface area contributed by atoms with Crippen molar-refractivity contribution >= 4 is 27.7 Å². The van der Waals surface area contributed by atoms with E-state index in [-0.39, 0.29) is 16.6 Å². The lowest BCUT2D eigenvalue weighted by Gasteiger charge is -2.28. The standard InChI is InChI=1S/C25H28N2O8S/c1-31-17-12-15-16(13-18(17)32-2)26-24(29)23(21(15)28)36-8-6-27(7-9-36)25(30)14-10-19(33-3)22(35-5)20(11-14)34-4/h10-13H,6-9H2,1-5H3,(H-,26,28,29). The molecule has 0 aliphatic carbocycles. The molecule has 0 saturated carbocycles. The van der Waals surface area contributed by atoms with Crippen molar-refractivity contribution in [2.24, 2.45) is 0 Å². The number of carbonyl (C=O) groups excluding carboxylic acids is 1. The SMILES string of the molecule is COc1cc2[nH]c(=O)c([S+]3CCN(C(=O)c4cc(OC)c(OC)c(OC)c4)CC3)c([O-])c2cc1OC. The highest BCUT2D eigenvalue weighted by Gasteiger charge is 2.35. The number of carbonyl (C=O) groups is 1. The predicted octanol–water partition coefficient (Wildman–Crippen LogP) is 1.78. The highest BCUT2D eigenvalue weighted by molar-refractivity contribution is 7.97. The summed E-state index contributed by atoms with van der Waals surface area (Å²) in [6.45, 7) is 0.808. The van der Waals surface area contributed by atoms with Gasteiger partial charge in [0.1, 0.15) is 11.5 Å². The molecule has 3 aromatic rings. The van der Waals surface area contributed by atoms with Crippen molar-refractivity contribution in [2.45, 2.75) is 4.90 Å². The van der Waals surface area contributed by atoms with Crippen LogP contribution >= 0.6 is 0 Å². The molecule has 0 unspecified atom stereocenters. The molecular formula is C25H28N2O8S. The third-order valence-corrected chi connectivity index (χ3v) is 8.43. The van der Waals surface area contributed by atoms with Crippen LogP contribution in [0.1, 0.15) is 10.4 Å². The van der Waals surface area contributed by atoms with E-state index in [0.29, 0.717) is 69.8 Å². The fourth-order valence-electron chi connectivity index (χ4n) is 4.29. The fourth-order valence-corrected chi connectivity index (χ4v) is 6.47. The zero-order valence-corrected chi connectivity index (χ0v) is 21.6. The Morgan fingerprint density at radius 3 is 1.94 bits per heavy atom. The number of nitrogens with zero attached hydrogens (tertiary/aromatic N) is 1. The van der Waals surface area contributed by atoms with Crippen LogP contribution in [0.15, 0.2) is 34.0 Å². The van der Waals surface area contributed by atoms with Crippen molar-refractivity contribution in [2.75, 3.05) is 60.1 Å². The lowest BCUT2D eigenvalue weighted by atomic mass is 10.1. The first-order chi connectivity index (χ1) is 17.4. The Morgan fingerprint density at radius 2 is 1.42 bits per heavy atom. The van der Waals surface area contributed by atoms with Gasteiger partial charge in [0.15, 0.2) is 23.0 Å². The molecule has 1 amide bonds. The smallest absolute Gasteiger partial charge is 0.303 e. The summed E-state index contributed by atoms with van der Waals surface area (Å²) in [5, 5.41) is 13.7. The van der Waals surface area contributed by atoms with Crippen LogP contribution in [-0.4, -0.2) is 75.9 Å². The molecule has 2 heterocycles. The summed E-state index contributed by atoms with van der Waals surface area (Å²) < 4.78 is 26.6. The Kier molecular flexibility index (Phi) is 7.39. The maximum atomic E-state index is 13.3. The number of hydrogen-bond donors (Lipinski definition) is 1. The molecule has 1 N–H and O–H groups in total. The molecule has 10 nitrogen and oxygen atoms in total. The Morgan fingerprint density at radius 1 is 0.861 bits per heavy atom. The van der Waals surface area contributed by atoms with Gasteiger partial charge in [0, 0.05) is 22.5 Å². The first-order valence-electron chi connectivity index (χ1n) is 11.1. The number of pyridine rings is 1. The quantitative estimate of drug-likeness (QED) is 0.472. The molecule has 1 aliphatic rings. The zero-order chi connectivity index (χ0) is 26.0. The van der Waals surface area contributed by atoms with Crippen LogP contribution in [0, 0.1) is 0 Å². The monoisotopic (exact) mass is 516 g/mol. The van der Waals surface area contributed by atoms with E-state index in [1.54, 1.807) is 29.2 Å². The van der Waals surface area contributed by atoms with Crippen LogP contribution < -0.4 is 34.4 Å². The number of hydrogen-bond acceptors (Lipinski definition) is 8. The summed E-state index contributed by atoms with van der Waals surface area (Å²) in [6, 6.07) is 6.40. The second-order valence-corrected chi connectivity index (χ2v) is 10.2. The third-order valence-electron chi connectivity index (χ3n) is 6.13. The number of fused-ring (bicyclic) bond motifs is 1. The number of rotatable bonds is 7. The van der Waals surface area contributed by atoms with Gasteiger partial charge in [0.2, 0.25) is 10.6 Å². The van der Waals surface area contributed by atoms with Gasteiger partial charge in [-0.15, -0.1) is 0 Å². The molecule has 2 aromatic carbocycles. The molecule has 1 saturated heterocycles. The maximum Gasteiger partial charge on any atom is 0.303 e. The number of aromatic amines is 1. The molecule has 1 fully saturated rings. The summed E-state index contributed by atoms with van der Waals surface area (Å²) in [7, 11) is 6.85. The first-order valence-corrected chi connectivity index (χ1v) is 12.7. The molecule has 4 rings (SSSR count). The summed E-state index contributed by atoms with van der Waals surface area (Å²) >= 11 is 0. The van der Waals surface area contributed by atoms with E-state index >= 15 is 0 Å². The van der Waals surface area contributed by atoms with Crippen LogP contribution in [0.5, 0.6) is 34.5 Å². The van der Waals surface area contributed by atoms with Crippen LogP contribution in [0.25, 0.3) is 10.9 Å². The van der Waals surface area contributed by atoms with Crippen molar-refractivity contribution < 1.29 is 33.6 Å². The summed E-state index contributed by atoms with van der Waals surface area (Å²) in [6.07, 6.45) is 0. The number of benzene rings is 2. The molecule has 0 spiro atoms. The molecule has 0 radical (unpaired) electrons. The van der Waals surface area contributed by atoms with E-state index in [2.05, 4.69) is 4.98 Å². The molecule has 1 aliphatic heterocycles. The van der Waals surface area contributed by atoms with Gasteiger partial charge < -0.3 is 38.7 Å². The Labute approximate surface area is 211 Å². The fraction of sp³-hybridized carbons (Fsp3) is 0.360. The highest BCUT2D eigenvalue weighted by atomic mass is 32.2. The number of nitrogens with one attached hydrogen (secondary N) is 1. The summed E-state index contributed by atoms with van der Waals surface area (Å²) in [5.41, 5.74) is 0.388. The number of ether oxygens (including phenoxy) is 5. The molecule has 0 bridgehead atoms. The van der Waals surface area contributed by atoms with Gasteiger partial charge in [0.05, 0.1) is 54.2 Å². The summed E-state index contributed by atoms with van der Waals surface area (Å²) in [5.74, 6) is 2.53. The van der Waals surface area contributed by atoms with Crippen LogP contribution in [0.3, 0.4) is 0 Å². The Balaban J connectivity index is 1.58. The van der Waals surface area contributed by atoms with E-state index < -0.39 is 16.5 Å². The van der Waals surface area contributed by atoms with Crippen molar-refractivity contribution in [1.29, 1.82) is 0 Å². The zero-order valence-electron chi connectivity index (χ0n) is 20.8. The normalized spacial score (nSPS) is 14.0. The lowest BCUT2D eigenvalue weighted by Crippen LogP contribution is -2.45. The topological polar surface area (TPSA) is 122 Å². The average Bonchev–Trinajstić information content (AvgIpc) is 2.91. The van der Waals surface area contributed by atoms with Gasteiger partial charge in [-0.25, -0.2) is 0 Å². The maximum absolute atomic E-state index is 13.3. The van der Waals surface area contributed by atoms with Crippen LogP contribution in [0.4, 0.5) is 0 Å². The molecule has 0 atom stereocenters. The number of aromatic nitrogens is 1. The average molecular weight is 517 g/mol. The van der Waals surface area contributed by atoms with Crippen LogP contribution in [0.2, 0.25) is 0 Å². The number of amides is 1. The van der Waals surface area contributed by atoms with Gasteiger partial charge >= 0.3 is 5.56 Å². The van der Waals surface area contributed by atoms with Crippen LogP contribution in [-0.2, 0) is 10.9 Å². The van der Waals surface area contributed by atoms with E-state index in [1.165, 1.54) is 35.5 Å². The molecular weight excluding hydrogens is 488 g/mol. The lowest BCUT2D eigenvalue weighted by molar-refractivity contribution is -0.270. The van der Waals surface area contributed by atoms with E-state index in [9.17, 15) is 14.7 Å². The predicted molar refractivity (Wildman–Crippen MR) is 134 cm³/mol. The minimum absolute atomic E-state index is 0.191. The second kappa shape index (κ2) is 10.5. The number of methoxy groups -OCH3 is 5. The minimum Gasteiger partial charge on any atom is -0.868 e. The Bertz CT molecular complexity index is 1320. The molecule has 1 aromatic heterocycles. The van der Waals surface area contributed by atoms with Gasteiger partial charge in [-0.3, -0.25) is 9.59 Å². The minimum atomic E-state index is -0.605. The Hall–Kier alpha value is -3.73.